The molecule has 0 saturated heterocycles. The maximum atomic E-state index is 11.1. The van der Waals surface area contributed by atoms with Gasteiger partial charge in [-0.05, 0) is 19.9 Å². The van der Waals surface area contributed by atoms with Gasteiger partial charge in [0.25, 0.3) is 0 Å². The van der Waals surface area contributed by atoms with Gasteiger partial charge in [-0.25, -0.2) is 0 Å². The number of rotatable bonds is 3. The Morgan fingerprint density at radius 3 is 2.45 bits per heavy atom. The third-order valence-electron chi connectivity index (χ3n) is 2.60. The average molecular weight is 156 g/mol. The SMILES string of the molecule is CNCC1(C(N)=O)CCCC1. The molecule has 0 spiro atoms. The maximum Gasteiger partial charge on any atom is 0.224 e. The van der Waals surface area contributed by atoms with E-state index >= 15 is 0 Å². The summed E-state index contributed by atoms with van der Waals surface area (Å²) < 4.78 is 0. The van der Waals surface area contributed by atoms with Crippen LogP contribution in [0.2, 0.25) is 0 Å². The van der Waals surface area contributed by atoms with Crippen LogP contribution < -0.4 is 11.1 Å². The fraction of sp³-hybridized carbons (Fsp3) is 0.875. The second-order valence-corrected chi connectivity index (χ2v) is 3.38. The van der Waals surface area contributed by atoms with Gasteiger partial charge in [0.2, 0.25) is 5.91 Å². The molecule has 1 aliphatic rings. The first-order valence-corrected chi connectivity index (χ1v) is 4.16. The maximum absolute atomic E-state index is 11.1. The summed E-state index contributed by atoms with van der Waals surface area (Å²) >= 11 is 0. The zero-order valence-corrected chi connectivity index (χ0v) is 7.02. The lowest BCUT2D eigenvalue weighted by atomic mass is 9.85. The minimum atomic E-state index is -0.227. The molecule has 0 atom stereocenters. The summed E-state index contributed by atoms with van der Waals surface area (Å²) in [7, 11) is 1.86. The van der Waals surface area contributed by atoms with Crippen LogP contribution in [-0.2, 0) is 4.79 Å². The smallest absolute Gasteiger partial charge is 0.224 e. The molecule has 3 heteroatoms. The van der Waals surface area contributed by atoms with Crippen molar-refractivity contribution in [1.82, 2.24) is 5.32 Å². The van der Waals surface area contributed by atoms with Gasteiger partial charge in [-0.1, -0.05) is 12.8 Å². The largest absolute Gasteiger partial charge is 0.369 e. The number of carbonyl (C=O) groups is 1. The van der Waals surface area contributed by atoms with E-state index in [-0.39, 0.29) is 11.3 Å². The van der Waals surface area contributed by atoms with Crippen LogP contribution >= 0.6 is 0 Å². The van der Waals surface area contributed by atoms with Gasteiger partial charge < -0.3 is 11.1 Å². The fourth-order valence-corrected chi connectivity index (χ4v) is 1.90. The van der Waals surface area contributed by atoms with Crippen molar-refractivity contribution in [3.63, 3.8) is 0 Å². The van der Waals surface area contributed by atoms with Crippen molar-refractivity contribution in [3.8, 4) is 0 Å². The quantitative estimate of drug-likeness (QED) is 0.615. The van der Waals surface area contributed by atoms with Crippen molar-refractivity contribution in [2.24, 2.45) is 11.1 Å². The molecule has 0 aromatic rings. The van der Waals surface area contributed by atoms with Crippen LogP contribution in [0.1, 0.15) is 25.7 Å². The standard InChI is InChI=1S/C8H16N2O/c1-10-6-8(7(9)11)4-2-3-5-8/h10H,2-6H2,1H3,(H2,9,11). The molecule has 0 aliphatic heterocycles. The molecular weight excluding hydrogens is 140 g/mol. The Labute approximate surface area is 67.3 Å². The van der Waals surface area contributed by atoms with Gasteiger partial charge in [-0.2, -0.15) is 0 Å². The van der Waals surface area contributed by atoms with Gasteiger partial charge in [-0.3, -0.25) is 4.79 Å². The normalized spacial score (nSPS) is 21.9. The van der Waals surface area contributed by atoms with Gasteiger partial charge in [0.05, 0.1) is 5.41 Å². The first-order chi connectivity index (χ1) is 5.21. The Kier molecular flexibility index (Phi) is 2.49. The molecule has 0 aromatic heterocycles. The Hall–Kier alpha value is -0.570. The van der Waals surface area contributed by atoms with Crippen molar-refractivity contribution in [2.75, 3.05) is 13.6 Å². The third kappa shape index (κ3) is 1.53. The highest BCUT2D eigenvalue weighted by Crippen LogP contribution is 2.36. The third-order valence-corrected chi connectivity index (χ3v) is 2.60. The second-order valence-electron chi connectivity index (χ2n) is 3.38. The molecule has 0 heterocycles. The van der Waals surface area contributed by atoms with E-state index in [2.05, 4.69) is 5.32 Å². The van der Waals surface area contributed by atoms with Crippen LogP contribution in [0.3, 0.4) is 0 Å². The highest BCUT2D eigenvalue weighted by atomic mass is 16.1. The van der Waals surface area contributed by atoms with E-state index in [1.807, 2.05) is 7.05 Å². The van der Waals surface area contributed by atoms with Crippen molar-refractivity contribution < 1.29 is 4.79 Å². The van der Waals surface area contributed by atoms with Crippen molar-refractivity contribution in [2.45, 2.75) is 25.7 Å². The Bertz CT molecular complexity index is 150. The number of hydrogen-bond acceptors (Lipinski definition) is 2. The average Bonchev–Trinajstić information content (AvgIpc) is 2.38. The van der Waals surface area contributed by atoms with E-state index < -0.39 is 0 Å². The number of carbonyl (C=O) groups excluding carboxylic acids is 1. The lowest BCUT2D eigenvalue weighted by Crippen LogP contribution is -2.42. The van der Waals surface area contributed by atoms with Crippen molar-refractivity contribution in [1.29, 1.82) is 0 Å². The number of hydrogen-bond donors (Lipinski definition) is 2. The number of nitrogens with one attached hydrogen (secondary N) is 1. The summed E-state index contributed by atoms with van der Waals surface area (Å²) in [6.45, 7) is 0.738. The van der Waals surface area contributed by atoms with Gasteiger partial charge in [0.15, 0.2) is 0 Å². The van der Waals surface area contributed by atoms with Crippen LogP contribution in [0.25, 0.3) is 0 Å². The molecule has 1 fully saturated rings. The Morgan fingerprint density at radius 1 is 1.55 bits per heavy atom. The molecule has 3 nitrogen and oxygen atoms in total. The summed E-state index contributed by atoms with van der Waals surface area (Å²) in [6, 6.07) is 0. The molecule has 11 heavy (non-hydrogen) atoms. The molecule has 0 bridgehead atoms. The molecule has 0 unspecified atom stereocenters. The van der Waals surface area contributed by atoms with Gasteiger partial charge in [0.1, 0.15) is 0 Å². The van der Waals surface area contributed by atoms with Gasteiger partial charge in [0, 0.05) is 6.54 Å². The van der Waals surface area contributed by atoms with Crippen molar-refractivity contribution >= 4 is 5.91 Å². The van der Waals surface area contributed by atoms with Crippen LogP contribution in [0, 0.1) is 5.41 Å². The van der Waals surface area contributed by atoms with E-state index in [1.165, 1.54) is 0 Å². The van der Waals surface area contributed by atoms with E-state index in [9.17, 15) is 4.79 Å². The lowest BCUT2D eigenvalue weighted by molar-refractivity contribution is -0.127. The van der Waals surface area contributed by atoms with Gasteiger partial charge >= 0.3 is 0 Å². The molecule has 0 radical (unpaired) electrons. The second kappa shape index (κ2) is 3.22. The van der Waals surface area contributed by atoms with Crippen LogP contribution in [-0.4, -0.2) is 19.5 Å². The molecule has 64 valence electrons. The number of nitrogens with two attached hydrogens (primary N) is 1. The predicted molar refractivity (Wildman–Crippen MR) is 44.0 cm³/mol. The van der Waals surface area contributed by atoms with E-state index in [1.54, 1.807) is 0 Å². The minimum Gasteiger partial charge on any atom is -0.369 e. The summed E-state index contributed by atoms with van der Waals surface area (Å²) in [4.78, 5) is 11.1. The number of amides is 1. The molecule has 0 aromatic carbocycles. The van der Waals surface area contributed by atoms with E-state index in [0.717, 1.165) is 32.2 Å². The highest BCUT2D eigenvalue weighted by molar-refractivity contribution is 5.81. The minimum absolute atomic E-state index is 0.135. The molecule has 1 aliphatic carbocycles. The summed E-state index contributed by atoms with van der Waals surface area (Å²) in [5, 5.41) is 3.03. The first-order valence-electron chi connectivity index (χ1n) is 4.16. The first kappa shape index (κ1) is 8.53. The lowest BCUT2D eigenvalue weighted by Gasteiger charge is -2.24. The monoisotopic (exact) mass is 156 g/mol. The molecule has 1 saturated carbocycles. The Morgan fingerprint density at radius 2 is 2.09 bits per heavy atom. The summed E-state index contributed by atoms with van der Waals surface area (Å²) in [5.74, 6) is -0.135. The zero-order valence-electron chi connectivity index (χ0n) is 7.02. The van der Waals surface area contributed by atoms with E-state index in [0.29, 0.717) is 0 Å². The van der Waals surface area contributed by atoms with Gasteiger partial charge in [-0.15, -0.1) is 0 Å². The van der Waals surface area contributed by atoms with Crippen LogP contribution in [0.4, 0.5) is 0 Å². The van der Waals surface area contributed by atoms with Crippen LogP contribution in [0.15, 0.2) is 0 Å². The van der Waals surface area contributed by atoms with E-state index in [4.69, 9.17) is 5.73 Å². The van der Waals surface area contributed by atoms with Crippen molar-refractivity contribution in [3.05, 3.63) is 0 Å². The number of primary amides is 1. The molecule has 1 amide bonds. The van der Waals surface area contributed by atoms with Crippen LogP contribution in [0.5, 0.6) is 0 Å². The zero-order chi connectivity index (χ0) is 8.32. The molecular formula is C8H16N2O. The topological polar surface area (TPSA) is 55.1 Å². The molecule has 1 rings (SSSR count). The summed E-state index contributed by atoms with van der Waals surface area (Å²) in [6.07, 6.45) is 4.21. The molecule has 3 N–H and O–H groups in total. The summed E-state index contributed by atoms with van der Waals surface area (Å²) in [5.41, 5.74) is 5.11. The Balaban J connectivity index is 2.62. The predicted octanol–water partition coefficient (Wildman–Crippen LogP) is 0.251. The highest BCUT2D eigenvalue weighted by Gasteiger charge is 2.38. The fourth-order valence-electron chi connectivity index (χ4n) is 1.90.